The van der Waals surface area contributed by atoms with Crippen LogP contribution in [0.15, 0.2) is 30.7 Å². The minimum absolute atomic E-state index is 0.541. The van der Waals surface area contributed by atoms with E-state index in [9.17, 15) is 0 Å². The molecule has 0 fully saturated rings. The third kappa shape index (κ3) is 1.67. The van der Waals surface area contributed by atoms with Crippen LogP contribution < -0.4 is 4.74 Å². The lowest BCUT2D eigenvalue weighted by molar-refractivity contribution is 0.228. The molecule has 4 nitrogen and oxygen atoms in total. The molecule has 96 valence electrons. The van der Waals surface area contributed by atoms with E-state index in [2.05, 4.69) is 20.6 Å². The molecule has 0 atom stereocenters. The number of hydrogen-bond donors (Lipinski definition) is 0. The van der Waals surface area contributed by atoms with Crippen molar-refractivity contribution in [2.24, 2.45) is 0 Å². The van der Waals surface area contributed by atoms with Crippen LogP contribution in [0.4, 0.5) is 0 Å². The third-order valence-electron chi connectivity index (χ3n) is 3.85. The molecule has 0 saturated carbocycles. The summed E-state index contributed by atoms with van der Waals surface area (Å²) in [5.74, 6) is 1.84. The second-order valence-electron chi connectivity index (χ2n) is 5.02. The number of fused-ring (bicyclic) bond motifs is 3. The molecule has 2 aliphatic rings. The number of allylic oxidation sites excluding steroid dienone is 2. The zero-order valence-corrected chi connectivity index (χ0v) is 10.7. The van der Waals surface area contributed by atoms with E-state index in [4.69, 9.17) is 4.74 Å². The van der Waals surface area contributed by atoms with E-state index in [0.29, 0.717) is 6.73 Å². The van der Waals surface area contributed by atoms with Crippen molar-refractivity contribution in [2.75, 3.05) is 0 Å². The van der Waals surface area contributed by atoms with Gasteiger partial charge in [-0.15, -0.1) is 0 Å². The van der Waals surface area contributed by atoms with E-state index in [1.165, 1.54) is 30.5 Å². The summed E-state index contributed by atoms with van der Waals surface area (Å²) in [7, 11) is 0. The van der Waals surface area contributed by atoms with Gasteiger partial charge in [0.05, 0.1) is 17.5 Å². The van der Waals surface area contributed by atoms with E-state index < -0.39 is 0 Å². The topological polar surface area (TPSA) is 39.9 Å². The van der Waals surface area contributed by atoms with Crippen LogP contribution in [-0.2, 0) is 6.73 Å². The van der Waals surface area contributed by atoms with Crippen LogP contribution in [0.2, 0.25) is 0 Å². The second-order valence-corrected chi connectivity index (χ2v) is 5.02. The van der Waals surface area contributed by atoms with Gasteiger partial charge in [-0.25, -0.2) is 4.98 Å². The molecule has 0 N–H and O–H groups in total. The van der Waals surface area contributed by atoms with E-state index in [1.54, 1.807) is 6.20 Å². The van der Waals surface area contributed by atoms with Crippen molar-refractivity contribution in [3.63, 3.8) is 0 Å². The minimum atomic E-state index is 0.541. The number of imidazole rings is 1. The van der Waals surface area contributed by atoms with Crippen molar-refractivity contribution in [3.05, 3.63) is 36.4 Å². The van der Waals surface area contributed by atoms with E-state index >= 15 is 0 Å². The number of nitrogens with zero attached hydrogens (tertiary/aromatic N) is 3. The summed E-state index contributed by atoms with van der Waals surface area (Å²) in [5, 5.41) is 0. The lowest BCUT2D eigenvalue weighted by Crippen LogP contribution is -2.15. The van der Waals surface area contributed by atoms with Crippen LogP contribution in [0.5, 0.6) is 5.75 Å². The molecule has 0 saturated heterocycles. The van der Waals surface area contributed by atoms with Crippen molar-refractivity contribution in [3.8, 4) is 17.1 Å². The number of aromatic nitrogens is 3. The molecule has 0 bridgehead atoms. The first-order valence-electron chi connectivity index (χ1n) is 6.75. The lowest BCUT2D eigenvalue weighted by atomic mass is 9.97. The van der Waals surface area contributed by atoms with Gasteiger partial charge in [-0.3, -0.25) is 9.55 Å². The van der Waals surface area contributed by atoms with Crippen molar-refractivity contribution >= 4 is 5.57 Å². The maximum atomic E-state index is 5.80. The quantitative estimate of drug-likeness (QED) is 0.783. The van der Waals surface area contributed by atoms with Crippen molar-refractivity contribution in [1.82, 2.24) is 14.5 Å². The molecule has 3 heterocycles. The Balaban J connectivity index is 1.83. The molecule has 2 aromatic heterocycles. The van der Waals surface area contributed by atoms with Crippen LogP contribution in [-0.4, -0.2) is 14.5 Å². The number of ether oxygens (including phenoxy) is 1. The van der Waals surface area contributed by atoms with Crippen LogP contribution in [0.25, 0.3) is 17.0 Å². The summed E-state index contributed by atoms with van der Waals surface area (Å²) in [5.41, 5.74) is 3.58. The lowest BCUT2D eigenvalue weighted by Gasteiger charge is -2.22. The molecule has 1 aliphatic heterocycles. The molecule has 0 amide bonds. The fraction of sp³-hybridized carbons (Fsp3) is 0.333. The van der Waals surface area contributed by atoms with Gasteiger partial charge in [-0.2, -0.15) is 0 Å². The molecule has 0 spiro atoms. The molecular weight excluding hydrogens is 238 g/mol. The van der Waals surface area contributed by atoms with Crippen molar-refractivity contribution < 1.29 is 4.74 Å². The Hall–Kier alpha value is -2.10. The second kappa shape index (κ2) is 4.23. The van der Waals surface area contributed by atoms with Gasteiger partial charge in [-0.1, -0.05) is 6.08 Å². The van der Waals surface area contributed by atoms with Gasteiger partial charge in [0.2, 0.25) is 0 Å². The standard InChI is InChI=1S/C15H15N3O/c1-2-4-11(5-3-1)13-9-17-15-12-8-16-7-6-14(12)19-10-18(13)15/h4,6-9H,1-3,5,10H2. The summed E-state index contributed by atoms with van der Waals surface area (Å²) in [6.45, 7) is 0.541. The Bertz CT molecular complexity index is 657. The Morgan fingerprint density at radius 1 is 1.21 bits per heavy atom. The van der Waals surface area contributed by atoms with Gasteiger partial charge in [-0.05, 0) is 37.3 Å². The Kier molecular flexibility index (Phi) is 2.40. The molecule has 0 aromatic carbocycles. The molecular formula is C15H15N3O. The maximum Gasteiger partial charge on any atom is 0.167 e. The maximum absolute atomic E-state index is 5.80. The molecule has 0 unspecified atom stereocenters. The van der Waals surface area contributed by atoms with E-state index in [-0.39, 0.29) is 0 Å². The molecule has 4 rings (SSSR count). The average molecular weight is 253 g/mol. The summed E-state index contributed by atoms with van der Waals surface area (Å²) in [6, 6.07) is 1.90. The van der Waals surface area contributed by atoms with E-state index in [0.717, 1.165) is 23.6 Å². The van der Waals surface area contributed by atoms with Crippen molar-refractivity contribution in [2.45, 2.75) is 32.4 Å². The third-order valence-corrected chi connectivity index (χ3v) is 3.85. The van der Waals surface area contributed by atoms with Gasteiger partial charge >= 0.3 is 0 Å². The van der Waals surface area contributed by atoms with Gasteiger partial charge in [0.15, 0.2) is 6.73 Å². The first kappa shape index (κ1) is 10.8. The van der Waals surface area contributed by atoms with Crippen LogP contribution in [0.3, 0.4) is 0 Å². The SMILES string of the molecule is C1=C(c2cnc3n2COc2ccncc2-3)CCCC1. The number of pyridine rings is 1. The van der Waals surface area contributed by atoms with Crippen molar-refractivity contribution in [1.29, 1.82) is 0 Å². The van der Waals surface area contributed by atoms with Crippen LogP contribution in [0.1, 0.15) is 31.4 Å². The highest BCUT2D eigenvalue weighted by molar-refractivity contribution is 5.70. The van der Waals surface area contributed by atoms with E-state index in [1.807, 2.05) is 18.5 Å². The van der Waals surface area contributed by atoms with Crippen LogP contribution in [0, 0.1) is 0 Å². The first-order chi connectivity index (χ1) is 9.43. The molecule has 19 heavy (non-hydrogen) atoms. The van der Waals surface area contributed by atoms with Gasteiger partial charge < -0.3 is 4.74 Å². The Labute approximate surface area is 111 Å². The molecule has 1 aliphatic carbocycles. The summed E-state index contributed by atoms with van der Waals surface area (Å²) < 4.78 is 7.95. The first-order valence-corrected chi connectivity index (χ1v) is 6.75. The zero-order chi connectivity index (χ0) is 12.7. The van der Waals surface area contributed by atoms with Gasteiger partial charge in [0.1, 0.15) is 11.6 Å². The van der Waals surface area contributed by atoms with Gasteiger partial charge in [0.25, 0.3) is 0 Å². The fourth-order valence-electron chi connectivity index (χ4n) is 2.86. The van der Waals surface area contributed by atoms with Crippen LogP contribution >= 0.6 is 0 Å². The smallest absolute Gasteiger partial charge is 0.167 e. The summed E-state index contributed by atoms with van der Waals surface area (Å²) in [4.78, 5) is 8.75. The normalized spacial score (nSPS) is 17.2. The Morgan fingerprint density at radius 3 is 3.11 bits per heavy atom. The van der Waals surface area contributed by atoms with Gasteiger partial charge in [0, 0.05) is 12.4 Å². The largest absolute Gasteiger partial charge is 0.472 e. The predicted molar refractivity (Wildman–Crippen MR) is 72.5 cm³/mol. The molecule has 2 aromatic rings. The summed E-state index contributed by atoms with van der Waals surface area (Å²) in [6.07, 6.45) is 12.8. The highest BCUT2D eigenvalue weighted by Gasteiger charge is 2.22. The average Bonchev–Trinajstić information content (AvgIpc) is 2.92. The fourth-order valence-corrected chi connectivity index (χ4v) is 2.86. The zero-order valence-electron chi connectivity index (χ0n) is 10.7. The molecule has 4 heteroatoms. The monoisotopic (exact) mass is 253 g/mol. The summed E-state index contributed by atoms with van der Waals surface area (Å²) >= 11 is 0. The highest BCUT2D eigenvalue weighted by atomic mass is 16.5. The number of hydrogen-bond acceptors (Lipinski definition) is 3. The number of rotatable bonds is 1. The molecule has 0 radical (unpaired) electrons. The predicted octanol–water partition coefficient (Wildman–Crippen LogP) is 3.25. The highest BCUT2D eigenvalue weighted by Crippen LogP contribution is 2.36. The minimum Gasteiger partial charge on any atom is -0.472 e. The Morgan fingerprint density at radius 2 is 2.21 bits per heavy atom.